The number of hydrogen-bond acceptors (Lipinski definition) is 4. The normalized spacial score (nSPS) is 21.1. The van der Waals surface area contributed by atoms with E-state index in [-0.39, 0.29) is 0 Å². The molecule has 1 saturated heterocycles. The van der Waals surface area contributed by atoms with E-state index < -0.39 is 0 Å². The highest BCUT2D eigenvalue weighted by Gasteiger charge is 2.19. The van der Waals surface area contributed by atoms with Crippen LogP contribution in [0.5, 0.6) is 0 Å². The number of aromatic nitrogens is 1. The molecule has 2 heterocycles. The van der Waals surface area contributed by atoms with Crippen LogP contribution in [0.1, 0.15) is 12.6 Å². The van der Waals surface area contributed by atoms with Crippen molar-refractivity contribution in [3.05, 3.63) is 24.0 Å². The van der Waals surface area contributed by atoms with Gasteiger partial charge in [0.25, 0.3) is 0 Å². The lowest BCUT2D eigenvalue weighted by Gasteiger charge is -2.35. The molecule has 1 aromatic heterocycles. The molecule has 2 rings (SSSR count). The van der Waals surface area contributed by atoms with E-state index in [0.29, 0.717) is 6.04 Å². The maximum absolute atomic E-state index is 5.44. The minimum atomic E-state index is 0.443. The zero-order valence-corrected chi connectivity index (χ0v) is 9.94. The summed E-state index contributed by atoms with van der Waals surface area (Å²) in [6.45, 7) is 5.59. The minimum absolute atomic E-state index is 0.443. The van der Waals surface area contributed by atoms with E-state index in [9.17, 15) is 0 Å². The molecule has 0 aliphatic carbocycles. The van der Waals surface area contributed by atoms with Crippen LogP contribution >= 0.6 is 0 Å². The van der Waals surface area contributed by atoms with E-state index in [4.69, 9.17) is 4.74 Å². The van der Waals surface area contributed by atoms with Crippen LogP contribution in [0.3, 0.4) is 0 Å². The number of rotatable bonds is 3. The highest BCUT2D eigenvalue weighted by molar-refractivity contribution is 5.47. The summed E-state index contributed by atoms with van der Waals surface area (Å²) in [4.78, 5) is 6.71. The van der Waals surface area contributed by atoms with Crippen LogP contribution in [0, 0.1) is 0 Å². The van der Waals surface area contributed by atoms with E-state index in [2.05, 4.69) is 34.3 Å². The first-order valence-corrected chi connectivity index (χ1v) is 5.75. The number of nitrogens with one attached hydrogen (secondary N) is 1. The summed E-state index contributed by atoms with van der Waals surface area (Å²) >= 11 is 0. The summed E-state index contributed by atoms with van der Waals surface area (Å²) in [5.41, 5.74) is 2.33. The van der Waals surface area contributed by atoms with Crippen LogP contribution in [0.15, 0.2) is 18.3 Å². The lowest BCUT2D eigenvalue weighted by Crippen LogP contribution is -2.43. The Hall–Kier alpha value is -1.13. The monoisotopic (exact) mass is 221 g/mol. The summed E-state index contributed by atoms with van der Waals surface area (Å²) in [6.07, 6.45) is 1.88. The highest BCUT2D eigenvalue weighted by atomic mass is 16.5. The van der Waals surface area contributed by atoms with Crippen molar-refractivity contribution in [2.45, 2.75) is 19.5 Å². The van der Waals surface area contributed by atoms with Gasteiger partial charge in [-0.05, 0) is 26.1 Å². The smallest absolute Gasteiger partial charge is 0.0668 e. The number of morpholine rings is 1. The van der Waals surface area contributed by atoms with Gasteiger partial charge in [0.1, 0.15) is 0 Å². The second kappa shape index (κ2) is 5.27. The highest BCUT2D eigenvalue weighted by Crippen LogP contribution is 2.19. The quantitative estimate of drug-likeness (QED) is 0.827. The molecule has 1 aliphatic rings. The second-order valence-electron chi connectivity index (χ2n) is 4.15. The van der Waals surface area contributed by atoms with Crippen molar-refractivity contribution in [1.82, 2.24) is 10.3 Å². The van der Waals surface area contributed by atoms with Gasteiger partial charge in [-0.2, -0.15) is 0 Å². The zero-order chi connectivity index (χ0) is 11.4. The zero-order valence-electron chi connectivity index (χ0n) is 9.94. The number of ether oxygens (including phenoxy) is 1. The SMILES string of the molecule is CNCc1cc(N2CCOCC2C)ccn1. The molecule has 1 N–H and O–H groups in total. The molecule has 1 aliphatic heterocycles. The molecule has 4 nitrogen and oxygen atoms in total. The summed E-state index contributed by atoms with van der Waals surface area (Å²) < 4.78 is 5.44. The molecule has 0 bridgehead atoms. The number of hydrogen-bond donors (Lipinski definition) is 1. The van der Waals surface area contributed by atoms with Gasteiger partial charge in [-0.15, -0.1) is 0 Å². The standard InChI is InChI=1S/C12H19N3O/c1-10-9-16-6-5-15(10)12-3-4-14-11(7-12)8-13-2/h3-4,7,10,13H,5-6,8-9H2,1-2H3. The van der Waals surface area contributed by atoms with E-state index in [1.54, 1.807) is 0 Å². The minimum Gasteiger partial charge on any atom is -0.377 e. The van der Waals surface area contributed by atoms with Gasteiger partial charge < -0.3 is 15.0 Å². The predicted octanol–water partition coefficient (Wildman–Crippen LogP) is 1.03. The van der Waals surface area contributed by atoms with E-state index in [0.717, 1.165) is 32.0 Å². The van der Waals surface area contributed by atoms with Gasteiger partial charge >= 0.3 is 0 Å². The van der Waals surface area contributed by atoms with Gasteiger partial charge in [0.05, 0.1) is 18.9 Å². The fourth-order valence-electron chi connectivity index (χ4n) is 2.03. The number of nitrogens with zero attached hydrogens (tertiary/aromatic N) is 2. The Bertz CT molecular complexity index is 343. The van der Waals surface area contributed by atoms with Gasteiger partial charge in [0, 0.05) is 31.0 Å². The summed E-state index contributed by atoms with van der Waals surface area (Å²) in [7, 11) is 1.94. The van der Waals surface area contributed by atoms with E-state index >= 15 is 0 Å². The fourth-order valence-corrected chi connectivity index (χ4v) is 2.03. The molecule has 16 heavy (non-hydrogen) atoms. The molecule has 1 aromatic rings. The Morgan fingerprint density at radius 3 is 3.25 bits per heavy atom. The van der Waals surface area contributed by atoms with Crippen molar-refractivity contribution >= 4 is 5.69 Å². The first-order chi connectivity index (χ1) is 7.81. The third kappa shape index (κ3) is 2.51. The van der Waals surface area contributed by atoms with E-state index in [1.165, 1.54) is 5.69 Å². The Morgan fingerprint density at radius 2 is 2.50 bits per heavy atom. The van der Waals surface area contributed by atoms with Gasteiger partial charge in [-0.3, -0.25) is 4.98 Å². The van der Waals surface area contributed by atoms with Crippen molar-refractivity contribution < 1.29 is 4.74 Å². The van der Waals surface area contributed by atoms with Crippen molar-refractivity contribution in [2.75, 3.05) is 31.7 Å². The Morgan fingerprint density at radius 1 is 1.62 bits per heavy atom. The molecule has 0 aromatic carbocycles. The van der Waals surface area contributed by atoms with Crippen LogP contribution in [0.25, 0.3) is 0 Å². The third-order valence-electron chi connectivity index (χ3n) is 2.86. The van der Waals surface area contributed by atoms with Crippen molar-refractivity contribution in [3.63, 3.8) is 0 Å². The Kier molecular flexibility index (Phi) is 3.74. The van der Waals surface area contributed by atoms with Gasteiger partial charge in [0.15, 0.2) is 0 Å². The average molecular weight is 221 g/mol. The largest absolute Gasteiger partial charge is 0.377 e. The van der Waals surface area contributed by atoms with Crippen molar-refractivity contribution in [3.8, 4) is 0 Å². The molecule has 1 atom stereocenters. The first kappa shape index (κ1) is 11.4. The Labute approximate surface area is 96.6 Å². The lowest BCUT2D eigenvalue weighted by atomic mass is 10.2. The number of pyridine rings is 1. The van der Waals surface area contributed by atoms with Crippen LogP contribution in [-0.4, -0.2) is 37.8 Å². The van der Waals surface area contributed by atoms with Crippen LogP contribution in [0.2, 0.25) is 0 Å². The maximum atomic E-state index is 5.44. The molecule has 0 radical (unpaired) electrons. The molecule has 88 valence electrons. The molecular formula is C12H19N3O. The third-order valence-corrected chi connectivity index (χ3v) is 2.86. The molecule has 0 saturated carbocycles. The topological polar surface area (TPSA) is 37.4 Å². The molecule has 1 unspecified atom stereocenters. The molecule has 4 heteroatoms. The van der Waals surface area contributed by atoms with Gasteiger partial charge in [0.2, 0.25) is 0 Å². The molecule has 0 amide bonds. The van der Waals surface area contributed by atoms with Crippen molar-refractivity contribution in [2.24, 2.45) is 0 Å². The van der Waals surface area contributed by atoms with Crippen LogP contribution in [-0.2, 0) is 11.3 Å². The van der Waals surface area contributed by atoms with Crippen LogP contribution in [0.4, 0.5) is 5.69 Å². The van der Waals surface area contributed by atoms with Gasteiger partial charge in [-0.1, -0.05) is 0 Å². The first-order valence-electron chi connectivity index (χ1n) is 5.75. The second-order valence-corrected chi connectivity index (χ2v) is 4.15. The summed E-state index contributed by atoms with van der Waals surface area (Å²) in [5.74, 6) is 0. The maximum Gasteiger partial charge on any atom is 0.0668 e. The molecule has 1 fully saturated rings. The summed E-state index contributed by atoms with van der Waals surface area (Å²) in [6, 6.07) is 4.66. The van der Waals surface area contributed by atoms with E-state index in [1.807, 2.05) is 13.2 Å². The average Bonchev–Trinajstić information content (AvgIpc) is 2.30. The number of anilines is 1. The van der Waals surface area contributed by atoms with Crippen molar-refractivity contribution in [1.29, 1.82) is 0 Å². The Balaban J connectivity index is 2.15. The fraction of sp³-hybridized carbons (Fsp3) is 0.583. The van der Waals surface area contributed by atoms with Crippen LogP contribution < -0.4 is 10.2 Å². The lowest BCUT2D eigenvalue weighted by molar-refractivity contribution is 0.0989. The molecule has 0 spiro atoms. The predicted molar refractivity (Wildman–Crippen MR) is 64.6 cm³/mol. The van der Waals surface area contributed by atoms with Gasteiger partial charge in [-0.25, -0.2) is 0 Å². The summed E-state index contributed by atoms with van der Waals surface area (Å²) in [5, 5.41) is 3.12. The molecular weight excluding hydrogens is 202 g/mol.